The minimum Gasteiger partial charge on any atom is -0.479 e. The molecule has 154 valence electrons. The molecule has 0 radical (unpaired) electrons. The maximum atomic E-state index is 12.2. The number of carbonyl (C=O) groups excluding carboxylic acids is 2. The minimum atomic E-state index is -1.61. The highest BCUT2D eigenvalue weighted by atomic mass is 16.6. The molecule has 0 spiro atoms. The molecule has 1 atom stereocenters. The van der Waals surface area contributed by atoms with Crippen molar-refractivity contribution in [2.24, 2.45) is 0 Å². The van der Waals surface area contributed by atoms with Crippen LogP contribution in [-0.4, -0.2) is 39.3 Å². The third kappa shape index (κ3) is 6.86. The Bertz CT molecular complexity index is 790. The fourth-order valence-electron chi connectivity index (χ4n) is 2.10. The lowest BCUT2D eigenvalue weighted by Crippen LogP contribution is -2.38. The molecule has 0 bridgehead atoms. The summed E-state index contributed by atoms with van der Waals surface area (Å²) in [6.45, 7) is 9.62. The van der Waals surface area contributed by atoms with Gasteiger partial charge >= 0.3 is 18.0 Å². The van der Waals surface area contributed by atoms with Crippen molar-refractivity contribution >= 4 is 23.7 Å². The first-order valence-corrected chi connectivity index (χ1v) is 8.35. The van der Waals surface area contributed by atoms with Gasteiger partial charge in [-0.15, -0.1) is 0 Å². The Hall–Kier alpha value is -3.17. The fourth-order valence-corrected chi connectivity index (χ4v) is 2.10. The van der Waals surface area contributed by atoms with E-state index in [0.29, 0.717) is 0 Å². The van der Waals surface area contributed by atoms with E-state index >= 15 is 0 Å². The molecule has 1 unspecified atom stereocenters. The third-order valence-corrected chi connectivity index (χ3v) is 3.08. The Balaban J connectivity index is 3.26. The van der Waals surface area contributed by atoms with Gasteiger partial charge in [0.15, 0.2) is 6.04 Å². The molecule has 0 saturated heterocycles. The summed E-state index contributed by atoms with van der Waals surface area (Å²) >= 11 is 0. The standard InChI is InChI=1S/C18H24N2O8/c1-17(2,3)27-15(23)11-8-7-10(9-12(11)20(25)26)13(14(21)22)19-16(24)28-18(4,5)6/h7-9,13H,1-6H3,(H,19,24)(H,21,22). The van der Waals surface area contributed by atoms with Crippen molar-refractivity contribution in [3.8, 4) is 0 Å². The van der Waals surface area contributed by atoms with Crippen LogP contribution in [0, 0.1) is 10.1 Å². The molecule has 28 heavy (non-hydrogen) atoms. The van der Waals surface area contributed by atoms with E-state index in [1.807, 2.05) is 0 Å². The van der Waals surface area contributed by atoms with Crippen LogP contribution < -0.4 is 5.32 Å². The van der Waals surface area contributed by atoms with Crippen LogP contribution in [0.3, 0.4) is 0 Å². The number of amides is 1. The fraction of sp³-hybridized carbons (Fsp3) is 0.500. The predicted octanol–water partition coefficient (Wildman–Crippen LogP) is 3.20. The number of nitrogens with zero attached hydrogens (tertiary/aromatic N) is 1. The number of nitrogens with one attached hydrogen (secondary N) is 1. The lowest BCUT2D eigenvalue weighted by atomic mass is 10.0. The van der Waals surface area contributed by atoms with Gasteiger partial charge in [0.2, 0.25) is 0 Å². The van der Waals surface area contributed by atoms with Gasteiger partial charge in [0.05, 0.1) is 4.92 Å². The summed E-state index contributed by atoms with van der Waals surface area (Å²) < 4.78 is 10.1. The van der Waals surface area contributed by atoms with Gasteiger partial charge in [-0.25, -0.2) is 14.4 Å². The van der Waals surface area contributed by atoms with Gasteiger partial charge in [-0.2, -0.15) is 0 Å². The zero-order valence-electron chi connectivity index (χ0n) is 16.6. The molecule has 1 aromatic rings. The number of carbonyl (C=O) groups is 3. The number of carboxylic acids is 1. The van der Waals surface area contributed by atoms with Crippen molar-refractivity contribution in [3.05, 3.63) is 39.4 Å². The molecule has 1 aromatic carbocycles. The minimum absolute atomic E-state index is 0.0997. The molecule has 0 aliphatic heterocycles. The Morgan fingerprint density at radius 1 is 1.07 bits per heavy atom. The van der Waals surface area contributed by atoms with E-state index < -0.39 is 45.9 Å². The van der Waals surface area contributed by atoms with Crippen LogP contribution >= 0.6 is 0 Å². The van der Waals surface area contributed by atoms with Gasteiger partial charge in [-0.3, -0.25) is 10.1 Å². The number of alkyl carbamates (subject to hydrolysis) is 1. The molecule has 10 nitrogen and oxygen atoms in total. The maximum Gasteiger partial charge on any atom is 0.408 e. The molecule has 10 heteroatoms. The molecule has 0 fully saturated rings. The number of rotatable bonds is 5. The highest BCUT2D eigenvalue weighted by Gasteiger charge is 2.30. The number of benzene rings is 1. The molecule has 2 N–H and O–H groups in total. The molecular weight excluding hydrogens is 372 g/mol. The summed E-state index contributed by atoms with van der Waals surface area (Å²) in [5.74, 6) is -2.37. The third-order valence-electron chi connectivity index (χ3n) is 3.08. The average molecular weight is 396 g/mol. The van der Waals surface area contributed by atoms with Crippen molar-refractivity contribution in [1.29, 1.82) is 0 Å². The maximum absolute atomic E-state index is 12.2. The smallest absolute Gasteiger partial charge is 0.408 e. The summed E-state index contributed by atoms with van der Waals surface area (Å²) in [4.78, 5) is 46.2. The van der Waals surface area contributed by atoms with Crippen LogP contribution in [0.25, 0.3) is 0 Å². The summed E-state index contributed by atoms with van der Waals surface area (Å²) in [6.07, 6.45) is -1.00. The molecular formula is C18H24N2O8. The van der Waals surface area contributed by atoms with Gasteiger partial charge in [0, 0.05) is 6.07 Å². The lowest BCUT2D eigenvalue weighted by Gasteiger charge is -2.22. The monoisotopic (exact) mass is 396 g/mol. The van der Waals surface area contributed by atoms with Crippen LogP contribution in [0.4, 0.5) is 10.5 Å². The zero-order chi connectivity index (χ0) is 21.9. The molecule has 0 aromatic heterocycles. The largest absolute Gasteiger partial charge is 0.479 e. The molecule has 0 heterocycles. The highest BCUT2D eigenvalue weighted by molar-refractivity contribution is 5.94. The van der Waals surface area contributed by atoms with E-state index in [9.17, 15) is 29.6 Å². The first kappa shape index (κ1) is 22.9. The van der Waals surface area contributed by atoms with E-state index in [1.54, 1.807) is 41.5 Å². The van der Waals surface area contributed by atoms with Crippen LogP contribution in [0.2, 0.25) is 0 Å². The summed E-state index contributed by atoms with van der Waals surface area (Å²) in [7, 11) is 0. The molecule has 1 rings (SSSR count). The number of hydrogen-bond acceptors (Lipinski definition) is 7. The molecule has 1 amide bonds. The van der Waals surface area contributed by atoms with E-state index in [-0.39, 0.29) is 11.1 Å². The molecule has 0 saturated carbocycles. The van der Waals surface area contributed by atoms with Gasteiger partial charge in [-0.05, 0) is 53.2 Å². The summed E-state index contributed by atoms with van der Waals surface area (Å²) in [6, 6.07) is 1.59. The van der Waals surface area contributed by atoms with Gasteiger partial charge < -0.3 is 19.9 Å². The normalized spacial score (nSPS) is 12.6. The number of hydrogen-bond donors (Lipinski definition) is 2. The number of nitro benzene ring substituents is 1. The van der Waals surface area contributed by atoms with Crippen molar-refractivity contribution in [2.45, 2.75) is 58.8 Å². The Morgan fingerprint density at radius 3 is 2.04 bits per heavy atom. The Labute approximate surface area is 162 Å². The highest BCUT2D eigenvalue weighted by Crippen LogP contribution is 2.26. The molecule has 0 aliphatic carbocycles. The van der Waals surface area contributed by atoms with Crippen molar-refractivity contribution in [3.63, 3.8) is 0 Å². The Kier molecular flexibility index (Phi) is 6.73. The van der Waals surface area contributed by atoms with E-state index in [0.717, 1.165) is 12.1 Å². The lowest BCUT2D eigenvalue weighted by molar-refractivity contribution is -0.385. The SMILES string of the molecule is CC(C)(C)OC(=O)NC(C(=O)O)c1ccc(C(=O)OC(C)(C)C)c([N+](=O)[O-])c1. The van der Waals surface area contributed by atoms with Crippen LogP contribution in [0.1, 0.15) is 63.5 Å². The van der Waals surface area contributed by atoms with Gasteiger partial charge in [0.1, 0.15) is 16.8 Å². The summed E-state index contributed by atoms with van der Waals surface area (Å²) in [5, 5.41) is 22.9. The number of esters is 1. The second-order valence-corrected chi connectivity index (χ2v) is 7.95. The number of aliphatic carboxylic acids is 1. The Morgan fingerprint density at radius 2 is 1.61 bits per heavy atom. The van der Waals surface area contributed by atoms with E-state index in [4.69, 9.17) is 9.47 Å². The number of ether oxygens (including phenoxy) is 2. The second kappa shape index (κ2) is 8.24. The average Bonchev–Trinajstić information content (AvgIpc) is 2.48. The van der Waals surface area contributed by atoms with Crippen molar-refractivity contribution in [1.82, 2.24) is 5.32 Å². The van der Waals surface area contributed by atoms with Crippen molar-refractivity contribution in [2.75, 3.05) is 0 Å². The van der Waals surface area contributed by atoms with Crippen LogP contribution in [0.5, 0.6) is 0 Å². The van der Waals surface area contributed by atoms with Crippen LogP contribution in [-0.2, 0) is 14.3 Å². The predicted molar refractivity (Wildman–Crippen MR) is 98.0 cm³/mol. The number of nitro groups is 1. The quantitative estimate of drug-likeness (QED) is 0.438. The van der Waals surface area contributed by atoms with Gasteiger partial charge in [-0.1, -0.05) is 6.07 Å². The first-order valence-electron chi connectivity index (χ1n) is 8.35. The van der Waals surface area contributed by atoms with E-state index in [1.165, 1.54) is 6.07 Å². The van der Waals surface area contributed by atoms with Crippen molar-refractivity contribution < 1.29 is 33.9 Å². The van der Waals surface area contributed by atoms with Crippen LogP contribution in [0.15, 0.2) is 18.2 Å². The van der Waals surface area contributed by atoms with E-state index in [2.05, 4.69) is 5.32 Å². The topological polar surface area (TPSA) is 145 Å². The van der Waals surface area contributed by atoms with Gasteiger partial charge in [0.25, 0.3) is 5.69 Å². The molecule has 0 aliphatic rings. The number of carboxylic acid groups (broad SMARTS) is 1. The summed E-state index contributed by atoms with van der Waals surface area (Å²) in [5.41, 5.74) is -2.79. The first-order chi connectivity index (χ1) is 12.6. The second-order valence-electron chi connectivity index (χ2n) is 7.95. The zero-order valence-corrected chi connectivity index (χ0v) is 16.6.